The molecule has 0 unspecified atom stereocenters. The summed E-state index contributed by atoms with van der Waals surface area (Å²) in [6.45, 7) is -0.389. The molecule has 1 saturated carbocycles. The van der Waals surface area contributed by atoms with E-state index in [0.29, 0.717) is 5.03 Å². The maximum absolute atomic E-state index is 12.9. The van der Waals surface area contributed by atoms with Crippen molar-refractivity contribution in [3.05, 3.63) is 54.2 Å². The van der Waals surface area contributed by atoms with Crippen molar-refractivity contribution in [2.45, 2.75) is 28.9 Å². The fourth-order valence-electron chi connectivity index (χ4n) is 2.30. The molecule has 3 rings (SSSR count). The van der Waals surface area contributed by atoms with Crippen LogP contribution in [0.5, 0.6) is 0 Å². The van der Waals surface area contributed by atoms with Crippen LogP contribution >= 0.6 is 11.8 Å². The number of benzene rings is 1. The SMILES string of the molecule is O=C(NCC1(C(F)(F)F)CC1)c1cccnc1Sc1ccccc1. The third-order valence-electron chi connectivity index (χ3n) is 4.02. The third kappa shape index (κ3) is 3.56. The van der Waals surface area contributed by atoms with Gasteiger partial charge in [0.1, 0.15) is 5.03 Å². The lowest BCUT2D eigenvalue weighted by Gasteiger charge is -2.19. The molecule has 1 aromatic carbocycles. The van der Waals surface area contributed by atoms with Gasteiger partial charge in [-0.15, -0.1) is 0 Å². The maximum atomic E-state index is 12.9. The summed E-state index contributed by atoms with van der Waals surface area (Å²) in [6, 6.07) is 12.5. The smallest absolute Gasteiger partial charge is 0.351 e. The molecule has 2 aromatic rings. The minimum atomic E-state index is -4.28. The lowest BCUT2D eigenvalue weighted by atomic mass is 10.1. The normalized spacial score (nSPS) is 15.8. The van der Waals surface area contributed by atoms with Crippen molar-refractivity contribution in [3.8, 4) is 0 Å². The third-order valence-corrected chi connectivity index (χ3v) is 5.04. The van der Waals surface area contributed by atoms with E-state index in [4.69, 9.17) is 0 Å². The lowest BCUT2D eigenvalue weighted by molar-refractivity contribution is -0.184. The van der Waals surface area contributed by atoms with Crippen molar-refractivity contribution in [1.29, 1.82) is 0 Å². The number of carbonyl (C=O) groups excluding carboxylic acids is 1. The van der Waals surface area contributed by atoms with Crippen LogP contribution < -0.4 is 5.32 Å². The highest BCUT2D eigenvalue weighted by atomic mass is 32.2. The van der Waals surface area contributed by atoms with Gasteiger partial charge in [0.15, 0.2) is 0 Å². The summed E-state index contributed by atoms with van der Waals surface area (Å²) >= 11 is 1.30. The quantitative estimate of drug-likeness (QED) is 0.872. The van der Waals surface area contributed by atoms with Gasteiger partial charge in [-0.3, -0.25) is 4.79 Å². The van der Waals surface area contributed by atoms with Crippen LogP contribution in [0.2, 0.25) is 0 Å². The predicted octanol–water partition coefficient (Wildman–Crippen LogP) is 4.31. The number of nitrogens with one attached hydrogen (secondary N) is 1. The first-order valence-electron chi connectivity index (χ1n) is 7.44. The highest BCUT2D eigenvalue weighted by molar-refractivity contribution is 7.99. The Hall–Kier alpha value is -2.02. The molecule has 0 spiro atoms. The molecule has 0 saturated heterocycles. The molecular weight excluding hydrogens is 337 g/mol. The Morgan fingerprint density at radius 3 is 2.50 bits per heavy atom. The van der Waals surface area contributed by atoms with E-state index >= 15 is 0 Å². The molecule has 0 atom stereocenters. The molecule has 1 amide bonds. The summed E-state index contributed by atoms with van der Waals surface area (Å²) < 4.78 is 38.8. The number of carbonyl (C=O) groups is 1. The fraction of sp³-hybridized carbons (Fsp3) is 0.294. The Balaban J connectivity index is 1.72. The Kier molecular flexibility index (Phi) is 4.54. The number of pyridine rings is 1. The highest BCUT2D eigenvalue weighted by Gasteiger charge is 2.63. The summed E-state index contributed by atoms with van der Waals surface area (Å²) in [6.07, 6.45) is -2.60. The second kappa shape index (κ2) is 6.47. The first kappa shape index (κ1) is 16.8. The standard InChI is InChI=1S/C17H15F3N2OS/c18-17(19,20)16(8-9-16)11-22-14(23)13-7-4-10-21-15(13)24-12-5-2-1-3-6-12/h1-7,10H,8-9,11H2,(H,22,23). The van der Waals surface area contributed by atoms with E-state index in [1.165, 1.54) is 11.8 Å². The van der Waals surface area contributed by atoms with E-state index in [1.807, 2.05) is 30.3 Å². The number of halogens is 3. The van der Waals surface area contributed by atoms with Crippen LogP contribution in [0.25, 0.3) is 0 Å². The number of alkyl halides is 3. The molecule has 7 heteroatoms. The maximum Gasteiger partial charge on any atom is 0.396 e. The summed E-state index contributed by atoms with van der Waals surface area (Å²) in [4.78, 5) is 17.4. The number of rotatable bonds is 5. The average molecular weight is 352 g/mol. The Morgan fingerprint density at radius 1 is 1.17 bits per heavy atom. The largest absolute Gasteiger partial charge is 0.396 e. The second-order valence-corrected chi connectivity index (χ2v) is 6.79. The Labute approximate surface area is 141 Å². The Morgan fingerprint density at radius 2 is 1.88 bits per heavy atom. The van der Waals surface area contributed by atoms with Gasteiger partial charge in [-0.05, 0) is 37.1 Å². The number of hydrogen-bond acceptors (Lipinski definition) is 3. The first-order chi connectivity index (χ1) is 11.4. The minimum absolute atomic E-state index is 0.0649. The molecule has 3 nitrogen and oxygen atoms in total. The van der Waals surface area contributed by atoms with E-state index in [-0.39, 0.29) is 24.9 Å². The second-order valence-electron chi connectivity index (χ2n) is 5.73. The van der Waals surface area contributed by atoms with Gasteiger partial charge < -0.3 is 5.32 Å². The van der Waals surface area contributed by atoms with Gasteiger partial charge in [-0.2, -0.15) is 13.2 Å². The van der Waals surface area contributed by atoms with Crippen LogP contribution in [-0.4, -0.2) is 23.6 Å². The summed E-state index contributed by atoms with van der Waals surface area (Å²) in [7, 11) is 0. The molecule has 1 fully saturated rings. The number of amides is 1. The van der Waals surface area contributed by atoms with Crippen LogP contribution in [0.4, 0.5) is 13.2 Å². The first-order valence-corrected chi connectivity index (χ1v) is 8.26. The molecule has 0 bridgehead atoms. The van der Waals surface area contributed by atoms with Crippen molar-refractivity contribution < 1.29 is 18.0 Å². The van der Waals surface area contributed by atoms with Crippen molar-refractivity contribution in [2.24, 2.45) is 5.41 Å². The predicted molar refractivity (Wildman–Crippen MR) is 84.9 cm³/mol. The summed E-state index contributed by atoms with van der Waals surface area (Å²) in [5.41, 5.74) is -1.47. The molecule has 24 heavy (non-hydrogen) atoms. The fourth-order valence-corrected chi connectivity index (χ4v) is 3.20. The molecular formula is C17H15F3N2OS. The molecule has 1 N–H and O–H groups in total. The van der Waals surface area contributed by atoms with Gasteiger partial charge in [0, 0.05) is 17.6 Å². The zero-order valence-corrected chi connectivity index (χ0v) is 13.5. The van der Waals surface area contributed by atoms with E-state index < -0.39 is 17.5 Å². The van der Waals surface area contributed by atoms with Gasteiger partial charge in [-0.1, -0.05) is 30.0 Å². The topological polar surface area (TPSA) is 42.0 Å². The van der Waals surface area contributed by atoms with Crippen LogP contribution in [0.15, 0.2) is 58.6 Å². The molecule has 1 heterocycles. The summed E-state index contributed by atoms with van der Waals surface area (Å²) in [5.74, 6) is -0.531. The van der Waals surface area contributed by atoms with E-state index in [2.05, 4.69) is 10.3 Å². The summed E-state index contributed by atoms with van der Waals surface area (Å²) in [5, 5.41) is 2.89. The zero-order chi connectivity index (χ0) is 17.2. The number of nitrogens with zero attached hydrogens (tertiary/aromatic N) is 1. The van der Waals surface area contributed by atoms with Crippen LogP contribution in [0, 0.1) is 5.41 Å². The van der Waals surface area contributed by atoms with Gasteiger partial charge in [0.25, 0.3) is 5.91 Å². The highest BCUT2D eigenvalue weighted by Crippen LogP contribution is 2.57. The van der Waals surface area contributed by atoms with Gasteiger partial charge >= 0.3 is 6.18 Å². The van der Waals surface area contributed by atoms with Crippen molar-refractivity contribution in [1.82, 2.24) is 10.3 Å². The monoisotopic (exact) mass is 352 g/mol. The van der Waals surface area contributed by atoms with Gasteiger partial charge in [0.2, 0.25) is 0 Å². The number of hydrogen-bond donors (Lipinski definition) is 1. The van der Waals surface area contributed by atoms with E-state index in [9.17, 15) is 18.0 Å². The molecule has 1 aliphatic rings. The van der Waals surface area contributed by atoms with E-state index in [1.54, 1.807) is 18.3 Å². The zero-order valence-electron chi connectivity index (χ0n) is 12.6. The van der Waals surface area contributed by atoms with Gasteiger partial charge in [0.05, 0.1) is 11.0 Å². The molecule has 0 radical (unpaired) electrons. The Bertz CT molecular complexity index is 730. The van der Waals surface area contributed by atoms with Crippen molar-refractivity contribution in [3.63, 3.8) is 0 Å². The van der Waals surface area contributed by atoms with Crippen LogP contribution in [0.3, 0.4) is 0 Å². The molecule has 1 aliphatic carbocycles. The average Bonchev–Trinajstić information content (AvgIpc) is 3.35. The molecule has 1 aromatic heterocycles. The minimum Gasteiger partial charge on any atom is -0.351 e. The molecule has 0 aliphatic heterocycles. The van der Waals surface area contributed by atoms with Crippen LogP contribution in [0.1, 0.15) is 23.2 Å². The number of aromatic nitrogens is 1. The van der Waals surface area contributed by atoms with Crippen molar-refractivity contribution >= 4 is 17.7 Å². The van der Waals surface area contributed by atoms with Crippen molar-refractivity contribution in [2.75, 3.05) is 6.54 Å². The van der Waals surface area contributed by atoms with E-state index in [0.717, 1.165) is 4.90 Å². The lowest BCUT2D eigenvalue weighted by Crippen LogP contribution is -2.38. The van der Waals surface area contributed by atoms with Crippen LogP contribution in [-0.2, 0) is 0 Å². The molecule has 126 valence electrons. The van der Waals surface area contributed by atoms with Gasteiger partial charge in [-0.25, -0.2) is 4.98 Å².